The maximum absolute atomic E-state index is 12.5. The molecule has 1 atom stereocenters. The zero-order valence-electron chi connectivity index (χ0n) is 12.0. The lowest BCUT2D eigenvalue weighted by atomic mass is 9.80. The number of hydrogen-bond acceptors (Lipinski definition) is 2. The molecule has 0 amide bonds. The van der Waals surface area contributed by atoms with E-state index in [1.54, 1.807) is 0 Å². The summed E-state index contributed by atoms with van der Waals surface area (Å²) in [5, 5.41) is 12.4. The average Bonchev–Trinajstić information content (AvgIpc) is 2.54. The molecule has 2 N–H and O–H groups in total. The number of hydrogen-bond donors (Lipinski definition) is 2. The van der Waals surface area contributed by atoms with E-state index in [-0.39, 0.29) is 12.0 Å². The van der Waals surface area contributed by atoms with Crippen LogP contribution in [0.3, 0.4) is 0 Å². The van der Waals surface area contributed by atoms with Crippen LogP contribution in [0.25, 0.3) is 10.8 Å². The zero-order chi connectivity index (χ0) is 14.4. The first-order valence-corrected chi connectivity index (χ1v) is 7.82. The van der Waals surface area contributed by atoms with Gasteiger partial charge in [0.1, 0.15) is 5.75 Å². The van der Waals surface area contributed by atoms with Gasteiger partial charge in [0.05, 0.1) is 13.1 Å². The Labute approximate surface area is 124 Å². The molecule has 2 aromatic carbocycles. The SMILES string of the molecule is O=C1C2CC[NH+](CC2)[C@@H]1Cc1ccc2ccccc2c1O. The van der Waals surface area contributed by atoms with Crippen molar-refractivity contribution in [3.05, 3.63) is 42.0 Å². The van der Waals surface area contributed by atoms with Crippen LogP contribution >= 0.6 is 0 Å². The Morgan fingerprint density at radius 2 is 1.86 bits per heavy atom. The Balaban J connectivity index is 1.68. The van der Waals surface area contributed by atoms with Crippen molar-refractivity contribution in [1.29, 1.82) is 0 Å². The lowest BCUT2D eigenvalue weighted by Crippen LogP contribution is -3.20. The number of fused-ring (bicyclic) bond motifs is 4. The van der Waals surface area contributed by atoms with Crippen molar-refractivity contribution in [3.8, 4) is 5.75 Å². The van der Waals surface area contributed by atoms with Crippen molar-refractivity contribution in [2.75, 3.05) is 13.1 Å². The Bertz CT molecular complexity index is 701. The van der Waals surface area contributed by atoms with Crippen LogP contribution in [-0.4, -0.2) is 30.0 Å². The fraction of sp³-hybridized carbons (Fsp3) is 0.389. The molecular weight excluding hydrogens is 262 g/mol. The molecule has 3 saturated heterocycles. The number of carbonyl (C=O) groups excluding carboxylic acids is 1. The van der Waals surface area contributed by atoms with Gasteiger partial charge >= 0.3 is 0 Å². The monoisotopic (exact) mass is 282 g/mol. The minimum absolute atomic E-state index is 0.0459. The van der Waals surface area contributed by atoms with Gasteiger partial charge in [0.25, 0.3) is 0 Å². The first-order valence-electron chi connectivity index (χ1n) is 7.82. The van der Waals surface area contributed by atoms with Gasteiger partial charge in [-0.25, -0.2) is 0 Å². The fourth-order valence-corrected chi connectivity index (χ4v) is 4.04. The standard InChI is InChI=1S/C18H19NO2/c20-17-14(6-5-12-3-1-2-4-15(12)17)11-16-18(21)13-7-9-19(16)10-8-13/h1-6,13,16,20H,7-11H2/p+1/t16-/m1/s1. The van der Waals surface area contributed by atoms with Crippen LogP contribution < -0.4 is 4.90 Å². The number of Topliss-reactive ketones (excluding diaryl/α,β-unsaturated/α-hetero) is 1. The van der Waals surface area contributed by atoms with Crippen LogP contribution in [0.1, 0.15) is 18.4 Å². The number of piperidine rings is 3. The smallest absolute Gasteiger partial charge is 0.193 e. The number of ketones is 1. The van der Waals surface area contributed by atoms with E-state index in [9.17, 15) is 9.90 Å². The van der Waals surface area contributed by atoms with Gasteiger partial charge < -0.3 is 10.0 Å². The largest absolute Gasteiger partial charge is 0.507 e. The summed E-state index contributed by atoms with van der Waals surface area (Å²) in [5.74, 6) is 1.04. The molecule has 21 heavy (non-hydrogen) atoms. The number of quaternary nitrogens is 1. The second kappa shape index (κ2) is 4.85. The van der Waals surface area contributed by atoms with Gasteiger partial charge in [0.2, 0.25) is 0 Å². The van der Waals surface area contributed by atoms with Crippen molar-refractivity contribution >= 4 is 16.6 Å². The van der Waals surface area contributed by atoms with E-state index in [4.69, 9.17) is 0 Å². The lowest BCUT2D eigenvalue weighted by molar-refractivity contribution is -0.927. The van der Waals surface area contributed by atoms with Crippen LogP contribution in [0.2, 0.25) is 0 Å². The molecule has 108 valence electrons. The maximum Gasteiger partial charge on any atom is 0.193 e. The molecule has 0 aromatic heterocycles. The summed E-state index contributed by atoms with van der Waals surface area (Å²) >= 11 is 0. The van der Waals surface area contributed by atoms with Crippen molar-refractivity contribution < 1.29 is 14.8 Å². The lowest BCUT2D eigenvalue weighted by Gasteiger charge is -2.41. The van der Waals surface area contributed by atoms with Gasteiger partial charge in [-0.3, -0.25) is 4.79 Å². The maximum atomic E-state index is 12.5. The highest BCUT2D eigenvalue weighted by Gasteiger charge is 2.44. The van der Waals surface area contributed by atoms with Crippen LogP contribution in [0.15, 0.2) is 36.4 Å². The molecule has 2 bridgehead atoms. The van der Waals surface area contributed by atoms with Gasteiger partial charge in [-0.2, -0.15) is 0 Å². The summed E-state index contributed by atoms with van der Waals surface area (Å²) in [6.45, 7) is 2.21. The molecule has 3 aliphatic rings. The van der Waals surface area contributed by atoms with Crippen molar-refractivity contribution in [1.82, 2.24) is 0 Å². The zero-order valence-corrected chi connectivity index (χ0v) is 12.0. The van der Waals surface area contributed by atoms with Crippen LogP contribution in [0, 0.1) is 5.92 Å². The highest BCUT2D eigenvalue weighted by Crippen LogP contribution is 2.30. The highest BCUT2D eigenvalue weighted by atomic mass is 16.3. The van der Waals surface area contributed by atoms with Crippen molar-refractivity contribution in [2.45, 2.75) is 25.3 Å². The number of aromatic hydroxyl groups is 1. The minimum Gasteiger partial charge on any atom is -0.507 e. The Morgan fingerprint density at radius 1 is 1.10 bits per heavy atom. The molecular formula is C18H20NO2+. The van der Waals surface area contributed by atoms with Crippen LogP contribution in [0.5, 0.6) is 5.75 Å². The highest BCUT2D eigenvalue weighted by molar-refractivity contribution is 5.90. The minimum atomic E-state index is 0.0459. The predicted octanol–water partition coefficient (Wildman–Crippen LogP) is 1.33. The number of carbonyl (C=O) groups is 1. The summed E-state index contributed by atoms with van der Waals surface area (Å²) in [4.78, 5) is 13.9. The third kappa shape index (κ3) is 2.04. The second-order valence-corrected chi connectivity index (χ2v) is 6.39. The molecule has 0 spiro atoms. The topological polar surface area (TPSA) is 41.7 Å². The summed E-state index contributed by atoms with van der Waals surface area (Å²) < 4.78 is 0. The third-order valence-corrected chi connectivity index (χ3v) is 5.27. The summed E-state index contributed by atoms with van der Waals surface area (Å²) in [7, 11) is 0. The van der Waals surface area contributed by atoms with Crippen LogP contribution in [-0.2, 0) is 11.2 Å². The summed E-state index contributed by atoms with van der Waals surface area (Å²) in [5.41, 5.74) is 0.909. The van der Waals surface area contributed by atoms with Gasteiger partial charge in [0, 0.05) is 36.1 Å². The molecule has 3 heterocycles. The van der Waals surface area contributed by atoms with E-state index in [2.05, 4.69) is 0 Å². The second-order valence-electron chi connectivity index (χ2n) is 6.39. The van der Waals surface area contributed by atoms with Gasteiger partial charge in [-0.05, 0) is 5.39 Å². The first-order chi connectivity index (χ1) is 10.2. The van der Waals surface area contributed by atoms with E-state index < -0.39 is 0 Å². The Morgan fingerprint density at radius 3 is 2.62 bits per heavy atom. The number of nitrogens with one attached hydrogen (secondary N) is 1. The van der Waals surface area contributed by atoms with E-state index in [0.717, 1.165) is 42.3 Å². The van der Waals surface area contributed by atoms with Crippen molar-refractivity contribution in [2.24, 2.45) is 5.92 Å². The van der Waals surface area contributed by atoms with Gasteiger partial charge in [-0.1, -0.05) is 36.4 Å². The van der Waals surface area contributed by atoms with E-state index in [0.29, 0.717) is 18.0 Å². The number of benzene rings is 2. The molecule has 3 fully saturated rings. The molecule has 3 heteroatoms. The molecule has 0 saturated carbocycles. The van der Waals surface area contributed by atoms with E-state index in [1.807, 2.05) is 36.4 Å². The summed E-state index contributed by atoms with van der Waals surface area (Å²) in [6.07, 6.45) is 2.77. The molecule has 0 aliphatic carbocycles. The third-order valence-electron chi connectivity index (χ3n) is 5.27. The molecule has 3 aliphatic heterocycles. The average molecular weight is 282 g/mol. The molecule has 5 rings (SSSR count). The molecule has 2 aromatic rings. The quantitative estimate of drug-likeness (QED) is 0.872. The number of phenolic OH excluding ortho intramolecular Hbond substituents is 1. The Hall–Kier alpha value is -1.87. The fourth-order valence-electron chi connectivity index (χ4n) is 4.04. The number of rotatable bonds is 2. The van der Waals surface area contributed by atoms with Gasteiger partial charge in [-0.15, -0.1) is 0 Å². The number of phenols is 1. The normalized spacial score (nSPS) is 28.2. The first kappa shape index (κ1) is 12.8. The Kier molecular flexibility index (Phi) is 2.96. The molecule has 0 radical (unpaired) electrons. The molecule has 0 unspecified atom stereocenters. The summed E-state index contributed by atoms with van der Waals surface area (Å²) in [6, 6.07) is 11.9. The van der Waals surface area contributed by atoms with E-state index in [1.165, 1.54) is 4.90 Å². The van der Waals surface area contributed by atoms with Gasteiger partial charge in [0.15, 0.2) is 11.8 Å². The van der Waals surface area contributed by atoms with Crippen molar-refractivity contribution in [3.63, 3.8) is 0 Å². The van der Waals surface area contributed by atoms with Crippen LogP contribution in [0.4, 0.5) is 0 Å². The molecule has 3 nitrogen and oxygen atoms in total. The predicted molar refractivity (Wildman–Crippen MR) is 81.5 cm³/mol. The van der Waals surface area contributed by atoms with E-state index >= 15 is 0 Å².